The van der Waals surface area contributed by atoms with Crippen molar-refractivity contribution in [2.45, 2.75) is 59.5 Å². The minimum Gasteiger partial charge on any atom is -0.350 e. The van der Waals surface area contributed by atoms with Crippen molar-refractivity contribution < 1.29 is 23.1 Å². The third-order valence-electron chi connectivity index (χ3n) is 2.55. The van der Waals surface area contributed by atoms with Gasteiger partial charge in [-0.25, -0.2) is 0 Å². The smallest absolute Gasteiger partial charge is 0.350 e. The Kier molecular flexibility index (Phi) is 6.42. The fourth-order valence-electron chi connectivity index (χ4n) is 1.73. The van der Waals surface area contributed by atoms with Crippen molar-refractivity contribution in [2.75, 3.05) is 13.2 Å². The Morgan fingerprint density at radius 2 is 1.55 bits per heavy atom. The molecule has 1 aliphatic rings. The van der Waals surface area contributed by atoms with E-state index in [1.807, 2.05) is 41.5 Å². The molecule has 0 unspecified atom stereocenters. The van der Waals surface area contributed by atoms with Crippen LogP contribution in [0.5, 0.6) is 0 Å². The summed E-state index contributed by atoms with van der Waals surface area (Å²) in [5, 5.41) is 0. The maximum Gasteiger partial charge on any atom is 0.354 e. The van der Waals surface area contributed by atoms with Gasteiger partial charge in [0.25, 0.3) is 0 Å². The standard InChI is InChI=1S/C14H27O5P/c1-11(2)18-20(15,19-12(3)4)8-7-13-9-16-14(5,6)17-10-13/h7-8,11-13H,9-10H2,1-6H3/b8-7+. The zero-order valence-corrected chi connectivity index (χ0v) is 14.2. The summed E-state index contributed by atoms with van der Waals surface area (Å²) in [6.45, 7) is 12.2. The molecular formula is C14H27O5P. The number of hydrogen-bond acceptors (Lipinski definition) is 5. The molecule has 0 amide bonds. The van der Waals surface area contributed by atoms with Crippen LogP contribution in [0, 0.1) is 5.92 Å². The zero-order valence-electron chi connectivity index (χ0n) is 13.3. The molecule has 0 radical (unpaired) electrons. The summed E-state index contributed by atoms with van der Waals surface area (Å²) in [5.74, 6) is 1.04. The molecule has 1 rings (SSSR count). The summed E-state index contributed by atoms with van der Waals surface area (Å²) in [6, 6.07) is 0. The van der Waals surface area contributed by atoms with Gasteiger partial charge in [-0.1, -0.05) is 6.08 Å². The largest absolute Gasteiger partial charge is 0.354 e. The highest BCUT2D eigenvalue weighted by atomic mass is 31.2. The predicted octanol–water partition coefficient (Wildman–Crippen LogP) is 3.94. The molecule has 0 aliphatic carbocycles. The highest BCUT2D eigenvalue weighted by molar-refractivity contribution is 7.57. The average molecular weight is 306 g/mol. The minimum absolute atomic E-state index is 0.0582. The summed E-state index contributed by atoms with van der Waals surface area (Å²) in [6.07, 6.45) is 1.48. The molecule has 118 valence electrons. The highest BCUT2D eigenvalue weighted by Gasteiger charge is 2.29. The second kappa shape index (κ2) is 7.19. The summed E-state index contributed by atoms with van der Waals surface area (Å²) in [5.41, 5.74) is 0. The first-order valence-electron chi connectivity index (χ1n) is 7.06. The lowest BCUT2D eigenvalue weighted by atomic mass is 10.1. The van der Waals surface area contributed by atoms with Gasteiger partial charge in [0, 0.05) is 11.7 Å². The van der Waals surface area contributed by atoms with Gasteiger partial charge < -0.3 is 18.5 Å². The third-order valence-corrected chi connectivity index (χ3v) is 4.51. The van der Waals surface area contributed by atoms with E-state index in [0.717, 1.165) is 0 Å². The molecule has 0 aromatic heterocycles. The topological polar surface area (TPSA) is 54.0 Å². The predicted molar refractivity (Wildman–Crippen MR) is 78.7 cm³/mol. The number of ether oxygens (including phenoxy) is 2. The molecule has 0 N–H and O–H groups in total. The van der Waals surface area contributed by atoms with Crippen LogP contribution in [0.2, 0.25) is 0 Å². The van der Waals surface area contributed by atoms with E-state index >= 15 is 0 Å². The van der Waals surface area contributed by atoms with Crippen molar-refractivity contribution in [2.24, 2.45) is 5.92 Å². The van der Waals surface area contributed by atoms with Gasteiger partial charge in [0.2, 0.25) is 0 Å². The lowest BCUT2D eigenvalue weighted by molar-refractivity contribution is -0.256. The maximum atomic E-state index is 12.6. The van der Waals surface area contributed by atoms with Gasteiger partial charge in [-0.3, -0.25) is 4.57 Å². The van der Waals surface area contributed by atoms with E-state index in [2.05, 4.69) is 0 Å². The van der Waals surface area contributed by atoms with Gasteiger partial charge in [0.15, 0.2) is 5.79 Å². The van der Waals surface area contributed by atoms with Crippen LogP contribution in [0.3, 0.4) is 0 Å². The Bertz CT molecular complexity index is 352. The maximum absolute atomic E-state index is 12.6. The second-order valence-corrected chi connectivity index (χ2v) is 7.77. The molecule has 0 atom stereocenters. The molecule has 0 bridgehead atoms. The van der Waals surface area contributed by atoms with Crippen molar-refractivity contribution in [1.29, 1.82) is 0 Å². The third kappa shape index (κ3) is 6.51. The van der Waals surface area contributed by atoms with Crippen LogP contribution >= 0.6 is 7.60 Å². The van der Waals surface area contributed by atoms with Gasteiger partial charge >= 0.3 is 7.60 Å². The highest BCUT2D eigenvalue weighted by Crippen LogP contribution is 2.52. The van der Waals surface area contributed by atoms with E-state index in [4.69, 9.17) is 18.5 Å². The van der Waals surface area contributed by atoms with E-state index in [9.17, 15) is 4.57 Å². The Balaban J connectivity index is 2.65. The first kappa shape index (κ1) is 17.9. The number of hydrogen-bond donors (Lipinski definition) is 0. The van der Waals surface area contributed by atoms with Crippen molar-refractivity contribution in [3.8, 4) is 0 Å². The van der Waals surface area contributed by atoms with Crippen molar-refractivity contribution >= 4 is 7.60 Å². The molecule has 5 nitrogen and oxygen atoms in total. The lowest BCUT2D eigenvalue weighted by Crippen LogP contribution is -2.38. The van der Waals surface area contributed by atoms with E-state index in [-0.39, 0.29) is 18.1 Å². The van der Waals surface area contributed by atoms with Crippen LogP contribution in [0.1, 0.15) is 41.5 Å². The Labute approximate surface area is 122 Å². The molecule has 1 fully saturated rings. The average Bonchev–Trinajstić information content (AvgIpc) is 2.25. The first-order chi connectivity index (χ1) is 9.12. The molecule has 0 saturated carbocycles. The fourth-order valence-corrected chi connectivity index (χ4v) is 3.55. The molecule has 0 spiro atoms. The van der Waals surface area contributed by atoms with Crippen molar-refractivity contribution in [3.05, 3.63) is 11.9 Å². The van der Waals surface area contributed by atoms with Crippen LogP contribution in [0.15, 0.2) is 11.9 Å². The van der Waals surface area contributed by atoms with Gasteiger partial charge in [0.1, 0.15) is 0 Å². The molecule has 0 aromatic carbocycles. The van der Waals surface area contributed by atoms with Crippen LogP contribution in [0.4, 0.5) is 0 Å². The molecule has 6 heteroatoms. The van der Waals surface area contributed by atoms with Crippen molar-refractivity contribution in [1.82, 2.24) is 0 Å². The van der Waals surface area contributed by atoms with Gasteiger partial charge in [-0.05, 0) is 41.5 Å². The Hall–Kier alpha value is -0.190. The number of rotatable bonds is 6. The van der Waals surface area contributed by atoms with Crippen LogP contribution < -0.4 is 0 Å². The molecular weight excluding hydrogens is 279 g/mol. The summed E-state index contributed by atoms with van der Waals surface area (Å²) in [7, 11) is -3.22. The Morgan fingerprint density at radius 1 is 1.10 bits per heavy atom. The van der Waals surface area contributed by atoms with Crippen LogP contribution in [-0.4, -0.2) is 31.2 Å². The summed E-state index contributed by atoms with van der Waals surface area (Å²) < 4.78 is 34.6. The molecule has 0 aromatic rings. The van der Waals surface area contributed by atoms with Crippen molar-refractivity contribution in [3.63, 3.8) is 0 Å². The van der Waals surface area contributed by atoms with Gasteiger partial charge in [0.05, 0.1) is 25.4 Å². The SMILES string of the molecule is CC(C)OP(=O)(/C=C/C1COC(C)(C)OC1)OC(C)C. The molecule has 20 heavy (non-hydrogen) atoms. The van der Waals surface area contributed by atoms with Crippen LogP contribution in [-0.2, 0) is 23.1 Å². The normalized spacial score (nSPS) is 21.2. The first-order valence-corrected chi connectivity index (χ1v) is 8.67. The van der Waals surface area contributed by atoms with E-state index in [1.54, 1.807) is 6.08 Å². The van der Waals surface area contributed by atoms with E-state index in [1.165, 1.54) is 5.82 Å². The zero-order chi connectivity index (χ0) is 15.4. The second-order valence-electron chi connectivity index (χ2n) is 5.97. The van der Waals surface area contributed by atoms with Gasteiger partial charge in [-0.2, -0.15) is 0 Å². The van der Waals surface area contributed by atoms with E-state index < -0.39 is 13.4 Å². The van der Waals surface area contributed by atoms with E-state index in [0.29, 0.717) is 13.2 Å². The lowest BCUT2D eigenvalue weighted by Gasteiger charge is -2.34. The Morgan fingerprint density at radius 3 is 1.95 bits per heavy atom. The molecule has 1 aliphatic heterocycles. The molecule has 1 saturated heterocycles. The van der Waals surface area contributed by atoms with Gasteiger partial charge in [-0.15, -0.1) is 0 Å². The monoisotopic (exact) mass is 306 g/mol. The van der Waals surface area contributed by atoms with Crippen LogP contribution in [0.25, 0.3) is 0 Å². The summed E-state index contributed by atoms with van der Waals surface area (Å²) in [4.78, 5) is 0. The summed E-state index contributed by atoms with van der Waals surface area (Å²) >= 11 is 0. The minimum atomic E-state index is -3.22. The molecule has 1 heterocycles. The fraction of sp³-hybridized carbons (Fsp3) is 0.857. The quantitative estimate of drug-likeness (QED) is 0.696.